The number of nitrogens with zero attached hydrogens (tertiary/aromatic N) is 1. The van der Waals surface area contributed by atoms with Gasteiger partial charge in [-0.15, -0.1) is 0 Å². The van der Waals surface area contributed by atoms with Crippen LogP contribution in [0.3, 0.4) is 0 Å². The van der Waals surface area contributed by atoms with Crippen LogP contribution in [0.25, 0.3) is 0 Å². The highest BCUT2D eigenvalue weighted by atomic mass is 16.5. The van der Waals surface area contributed by atoms with Crippen molar-refractivity contribution >= 4 is 17.6 Å². The number of anilines is 1. The number of carboxylic acid groups (broad SMARTS) is 1. The number of carbonyl (C=O) groups excluding carboxylic acids is 1. The third-order valence-corrected chi connectivity index (χ3v) is 3.07. The van der Waals surface area contributed by atoms with Crippen LogP contribution >= 0.6 is 0 Å². The molecule has 24 heavy (non-hydrogen) atoms. The average molecular weight is 326 g/mol. The van der Waals surface area contributed by atoms with E-state index in [9.17, 15) is 9.59 Å². The number of amides is 1. The van der Waals surface area contributed by atoms with Gasteiger partial charge in [0, 0.05) is 11.8 Å². The number of carboxylic acids is 1. The second-order valence-electron chi connectivity index (χ2n) is 4.70. The number of hydrogen-bond donors (Lipinski definition) is 2. The minimum atomic E-state index is -1.04. The average Bonchev–Trinajstić information content (AvgIpc) is 2.60. The van der Waals surface area contributed by atoms with E-state index in [1.54, 1.807) is 12.1 Å². The second-order valence-corrected chi connectivity index (χ2v) is 4.70. The predicted octanol–water partition coefficient (Wildman–Crippen LogP) is 2.28. The molecule has 0 aliphatic heterocycles. The molecular weight excluding hydrogens is 312 g/mol. The van der Waals surface area contributed by atoms with Gasteiger partial charge in [-0.25, -0.2) is 4.79 Å². The van der Waals surface area contributed by atoms with Crippen molar-refractivity contribution in [2.75, 3.05) is 19.0 Å². The molecule has 2 aromatic rings. The lowest BCUT2D eigenvalue weighted by Crippen LogP contribution is -2.20. The normalized spacial score (nSPS) is 9.67. The number of nitriles is 1. The molecule has 7 nitrogen and oxygen atoms in total. The first kappa shape index (κ1) is 16.8. The molecule has 122 valence electrons. The Bertz CT molecular complexity index is 794. The summed E-state index contributed by atoms with van der Waals surface area (Å²) in [5, 5.41) is 20.2. The zero-order valence-electron chi connectivity index (χ0n) is 12.8. The van der Waals surface area contributed by atoms with Gasteiger partial charge in [-0.1, -0.05) is 0 Å². The highest BCUT2D eigenvalue weighted by Gasteiger charge is 2.09. The summed E-state index contributed by atoms with van der Waals surface area (Å²) in [6, 6.07) is 12.4. The van der Waals surface area contributed by atoms with Crippen LogP contribution in [0.15, 0.2) is 42.5 Å². The van der Waals surface area contributed by atoms with Gasteiger partial charge in [-0.2, -0.15) is 5.26 Å². The summed E-state index contributed by atoms with van der Waals surface area (Å²) in [6.45, 7) is -0.261. The van der Waals surface area contributed by atoms with E-state index in [0.717, 1.165) is 0 Å². The molecule has 0 saturated carbocycles. The van der Waals surface area contributed by atoms with Crippen LogP contribution in [0.4, 0.5) is 5.69 Å². The van der Waals surface area contributed by atoms with Gasteiger partial charge in [0.2, 0.25) is 0 Å². The smallest absolute Gasteiger partial charge is 0.335 e. The fourth-order valence-corrected chi connectivity index (χ4v) is 1.89. The Kier molecular flexibility index (Phi) is 5.36. The summed E-state index contributed by atoms with van der Waals surface area (Å²) in [5.74, 6) is -0.755. The molecule has 0 saturated heterocycles. The van der Waals surface area contributed by atoms with Crippen molar-refractivity contribution in [3.63, 3.8) is 0 Å². The molecule has 0 unspecified atom stereocenters. The topological polar surface area (TPSA) is 109 Å². The van der Waals surface area contributed by atoms with Crippen molar-refractivity contribution in [2.45, 2.75) is 0 Å². The van der Waals surface area contributed by atoms with Crippen LogP contribution < -0.4 is 14.8 Å². The van der Waals surface area contributed by atoms with Crippen LogP contribution in [0, 0.1) is 11.3 Å². The molecule has 0 spiro atoms. The van der Waals surface area contributed by atoms with Gasteiger partial charge >= 0.3 is 5.97 Å². The summed E-state index contributed by atoms with van der Waals surface area (Å²) >= 11 is 0. The summed E-state index contributed by atoms with van der Waals surface area (Å²) in [6.07, 6.45) is 0. The predicted molar refractivity (Wildman–Crippen MR) is 85.2 cm³/mol. The van der Waals surface area contributed by atoms with Crippen molar-refractivity contribution in [1.29, 1.82) is 5.26 Å². The Morgan fingerprint density at radius 1 is 1.17 bits per heavy atom. The molecule has 0 bridgehead atoms. The third kappa shape index (κ3) is 4.24. The number of rotatable bonds is 6. The molecule has 0 radical (unpaired) electrons. The molecule has 0 aliphatic rings. The van der Waals surface area contributed by atoms with Gasteiger partial charge in [-0.05, 0) is 36.4 Å². The molecule has 0 aliphatic carbocycles. The van der Waals surface area contributed by atoms with E-state index in [1.807, 2.05) is 6.07 Å². The number of aromatic carboxylic acids is 1. The first-order valence-corrected chi connectivity index (χ1v) is 6.87. The van der Waals surface area contributed by atoms with Crippen molar-refractivity contribution < 1.29 is 24.2 Å². The lowest BCUT2D eigenvalue weighted by Gasteiger charge is -2.11. The van der Waals surface area contributed by atoms with Crippen molar-refractivity contribution in [2.24, 2.45) is 0 Å². The third-order valence-electron chi connectivity index (χ3n) is 3.07. The zero-order chi connectivity index (χ0) is 17.5. The molecular formula is C17H14N2O5. The van der Waals surface area contributed by atoms with E-state index in [0.29, 0.717) is 22.7 Å². The molecule has 1 amide bonds. The number of methoxy groups -OCH3 is 1. The summed E-state index contributed by atoms with van der Waals surface area (Å²) in [4.78, 5) is 22.6. The Morgan fingerprint density at radius 3 is 2.46 bits per heavy atom. The van der Waals surface area contributed by atoms with Gasteiger partial charge in [0.25, 0.3) is 5.91 Å². The first-order valence-electron chi connectivity index (χ1n) is 6.87. The van der Waals surface area contributed by atoms with E-state index in [1.165, 1.54) is 37.4 Å². The lowest BCUT2D eigenvalue weighted by atomic mass is 10.2. The second kappa shape index (κ2) is 7.65. The standard InChI is InChI=1S/C17H14N2O5/c1-23-15-8-11(9-18)2-7-14(15)24-10-16(20)19-13-5-3-12(4-6-13)17(21)22/h2-8H,10H2,1H3,(H,19,20)(H,21,22). The van der Waals surface area contributed by atoms with E-state index in [2.05, 4.69) is 5.32 Å². The maximum absolute atomic E-state index is 11.9. The largest absolute Gasteiger partial charge is 0.493 e. The van der Waals surface area contributed by atoms with Crippen molar-refractivity contribution in [3.05, 3.63) is 53.6 Å². The summed E-state index contributed by atoms with van der Waals surface area (Å²) in [5.41, 5.74) is 1.01. The number of benzene rings is 2. The minimum absolute atomic E-state index is 0.131. The van der Waals surface area contributed by atoms with Crippen LogP contribution in [-0.2, 0) is 4.79 Å². The van der Waals surface area contributed by atoms with Crippen molar-refractivity contribution in [3.8, 4) is 17.6 Å². The van der Waals surface area contributed by atoms with E-state index in [4.69, 9.17) is 19.8 Å². The number of hydrogen-bond acceptors (Lipinski definition) is 5. The van der Waals surface area contributed by atoms with E-state index in [-0.39, 0.29) is 12.2 Å². The SMILES string of the molecule is COc1cc(C#N)ccc1OCC(=O)Nc1ccc(C(=O)O)cc1. The molecule has 2 aromatic carbocycles. The van der Waals surface area contributed by atoms with Crippen LogP contribution in [0.5, 0.6) is 11.5 Å². The Labute approximate surface area is 138 Å². The van der Waals surface area contributed by atoms with E-state index >= 15 is 0 Å². The first-order chi connectivity index (χ1) is 11.5. The fraction of sp³-hybridized carbons (Fsp3) is 0.118. The molecule has 0 aromatic heterocycles. The van der Waals surface area contributed by atoms with Crippen LogP contribution in [0.2, 0.25) is 0 Å². The van der Waals surface area contributed by atoms with Crippen LogP contribution in [0.1, 0.15) is 15.9 Å². The van der Waals surface area contributed by atoms with E-state index < -0.39 is 11.9 Å². The van der Waals surface area contributed by atoms with Gasteiger partial charge in [0.1, 0.15) is 0 Å². The molecule has 2 rings (SSSR count). The molecule has 0 fully saturated rings. The lowest BCUT2D eigenvalue weighted by molar-refractivity contribution is -0.118. The molecule has 0 heterocycles. The molecule has 0 atom stereocenters. The summed E-state index contributed by atoms with van der Waals surface area (Å²) in [7, 11) is 1.44. The van der Waals surface area contributed by atoms with Crippen molar-refractivity contribution in [1.82, 2.24) is 0 Å². The number of carbonyl (C=O) groups is 2. The number of nitrogens with one attached hydrogen (secondary N) is 1. The Balaban J connectivity index is 1.96. The van der Waals surface area contributed by atoms with Crippen LogP contribution in [-0.4, -0.2) is 30.7 Å². The minimum Gasteiger partial charge on any atom is -0.493 e. The van der Waals surface area contributed by atoms with Gasteiger partial charge < -0.3 is 19.9 Å². The zero-order valence-corrected chi connectivity index (χ0v) is 12.8. The highest BCUT2D eigenvalue weighted by molar-refractivity contribution is 5.93. The molecule has 7 heteroatoms. The van der Waals surface area contributed by atoms with Gasteiger partial charge in [0.05, 0.1) is 24.3 Å². The quantitative estimate of drug-likeness (QED) is 0.843. The Hall–Kier alpha value is -3.53. The Morgan fingerprint density at radius 2 is 1.88 bits per heavy atom. The number of ether oxygens (including phenoxy) is 2. The maximum atomic E-state index is 11.9. The fourth-order valence-electron chi connectivity index (χ4n) is 1.89. The maximum Gasteiger partial charge on any atom is 0.335 e. The summed E-state index contributed by atoms with van der Waals surface area (Å²) < 4.78 is 10.5. The van der Waals surface area contributed by atoms with Gasteiger partial charge in [0.15, 0.2) is 18.1 Å². The van der Waals surface area contributed by atoms with Gasteiger partial charge in [-0.3, -0.25) is 4.79 Å². The molecule has 2 N–H and O–H groups in total. The highest BCUT2D eigenvalue weighted by Crippen LogP contribution is 2.27. The monoisotopic (exact) mass is 326 g/mol.